The normalized spacial score (nSPS) is 22.0. The molecule has 0 saturated carbocycles. The number of ether oxygens (including phenoxy) is 1. The Kier molecular flexibility index (Phi) is 5.76. The van der Waals surface area contributed by atoms with Gasteiger partial charge in [-0.05, 0) is 32.3 Å². The van der Waals surface area contributed by atoms with Crippen molar-refractivity contribution >= 4 is 5.91 Å². The molecule has 2 unspecified atom stereocenters. The van der Waals surface area contributed by atoms with Crippen molar-refractivity contribution in [2.24, 2.45) is 0 Å². The van der Waals surface area contributed by atoms with Gasteiger partial charge in [-0.15, -0.1) is 0 Å². The van der Waals surface area contributed by atoms with Crippen LogP contribution in [-0.2, 0) is 9.53 Å². The molecule has 1 amide bonds. The van der Waals surface area contributed by atoms with Crippen LogP contribution < -0.4 is 5.32 Å². The van der Waals surface area contributed by atoms with Crippen LogP contribution in [0.15, 0.2) is 24.3 Å². The molecule has 0 radical (unpaired) electrons. The van der Waals surface area contributed by atoms with E-state index in [1.165, 1.54) is 5.56 Å². The third-order valence-electron chi connectivity index (χ3n) is 3.91. The van der Waals surface area contributed by atoms with Gasteiger partial charge in [-0.25, -0.2) is 0 Å². The Hall–Kier alpha value is -1.39. The molecule has 2 rings (SSSR count). The Bertz CT molecular complexity index is 476. The number of benzene rings is 1. The lowest BCUT2D eigenvalue weighted by atomic mass is 10.1. The van der Waals surface area contributed by atoms with Crippen LogP contribution in [0.1, 0.15) is 44.0 Å². The second-order valence-electron chi connectivity index (χ2n) is 5.53. The molecule has 1 heterocycles. The lowest BCUT2D eigenvalue weighted by Crippen LogP contribution is -2.32. The van der Waals surface area contributed by atoms with Gasteiger partial charge in [0.15, 0.2) is 0 Å². The summed E-state index contributed by atoms with van der Waals surface area (Å²) in [5.74, 6) is 0.209. The molecular formula is C17H26N2O2. The summed E-state index contributed by atoms with van der Waals surface area (Å²) in [6.07, 6.45) is 1.69. The molecule has 1 aliphatic rings. The van der Waals surface area contributed by atoms with Gasteiger partial charge in [0.1, 0.15) is 6.17 Å². The van der Waals surface area contributed by atoms with E-state index in [-0.39, 0.29) is 18.1 Å². The minimum atomic E-state index is -0.0670. The average Bonchev–Trinajstić information content (AvgIpc) is 2.80. The molecule has 1 saturated heterocycles. The van der Waals surface area contributed by atoms with E-state index in [2.05, 4.69) is 36.5 Å². The van der Waals surface area contributed by atoms with Gasteiger partial charge in [0.05, 0.1) is 6.04 Å². The number of hydrogen-bond acceptors (Lipinski definition) is 3. The van der Waals surface area contributed by atoms with E-state index in [0.29, 0.717) is 6.61 Å². The number of amides is 1. The standard InChI is InChI=1S/C17H26N2O2/c1-4-15-17(20)19(10-7-11-21-5-2)16(18-15)14-9-6-8-13(3)12-14/h6,8-9,12,15-16,18H,4-5,7,10-11H2,1-3H3. The zero-order valence-electron chi connectivity index (χ0n) is 13.3. The first kappa shape index (κ1) is 16.0. The van der Waals surface area contributed by atoms with Gasteiger partial charge in [-0.1, -0.05) is 36.8 Å². The second-order valence-corrected chi connectivity index (χ2v) is 5.53. The predicted octanol–water partition coefficient (Wildman–Crippen LogP) is 2.63. The third kappa shape index (κ3) is 3.83. The van der Waals surface area contributed by atoms with Crippen molar-refractivity contribution in [3.8, 4) is 0 Å². The van der Waals surface area contributed by atoms with Crippen molar-refractivity contribution in [1.29, 1.82) is 0 Å². The van der Waals surface area contributed by atoms with Gasteiger partial charge in [0.2, 0.25) is 5.91 Å². The zero-order chi connectivity index (χ0) is 15.2. The molecule has 21 heavy (non-hydrogen) atoms. The smallest absolute Gasteiger partial charge is 0.241 e. The van der Waals surface area contributed by atoms with E-state index in [4.69, 9.17) is 4.74 Å². The molecule has 4 nitrogen and oxygen atoms in total. The monoisotopic (exact) mass is 290 g/mol. The van der Waals surface area contributed by atoms with Gasteiger partial charge in [-0.3, -0.25) is 10.1 Å². The number of carbonyl (C=O) groups excluding carboxylic acids is 1. The fourth-order valence-corrected chi connectivity index (χ4v) is 2.81. The summed E-state index contributed by atoms with van der Waals surface area (Å²) in [5, 5.41) is 3.46. The Morgan fingerprint density at radius 1 is 1.33 bits per heavy atom. The molecule has 0 spiro atoms. The number of nitrogens with one attached hydrogen (secondary N) is 1. The molecule has 4 heteroatoms. The van der Waals surface area contributed by atoms with Crippen LogP contribution in [0.4, 0.5) is 0 Å². The Morgan fingerprint density at radius 2 is 2.14 bits per heavy atom. The zero-order valence-corrected chi connectivity index (χ0v) is 13.3. The highest BCUT2D eigenvalue weighted by Crippen LogP contribution is 2.27. The number of carbonyl (C=O) groups is 1. The average molecular weight is 290 g/mol. The largest absolute Gasteiger partial charge is 0.382 e. The van der Waals surface area contributed by atoms with Crippen LogP contribution in [0.5, 0.6) is 0 Å². The topological polar surface area (TPSA) is 41.6 Å². The van der Waals surface area contributed by atoms with E-state index < -0.39 is 0 Å². The van der Waals surface area contributed by atoms with Gasteiger partial charge in [0, 0.05) is 19.8 Å². The summed E-state index contributed by atoms with van der Waals surface area (Å²) in [4.78, 5) is 14.5. The highest BCUT2D eigenvalue weighted by atomic mass is 16.5. The molecule has 0 aromatic heterocycles. The fraction of sp³-hybridized carbons (Fsp3) is 0.588. The van der Waals surface area contributed by atoms with E-state index in [0.717, 1.165) is 31.6 Å². The summed E-state index contributed by atoms with van der Waals surface area (Å²) in [5.41, 5.74) is 2.38. The van der Waals surface area contributed by atoms with E-state index >= 15 is 0 Å². The SMILES string of the molecule is CCOCCCN1C(=O)C(CC)NC1c1cccc(C)c1. The van der Waals surface area contributed by atoms with Crippen LogP contribution in [0.3, 0.4) is 0 Å². The van der Waals surface area contributed by atoms with Crippen LogP contribution in [-0.4, -0.2) is 36.6 Å². The van der Waals surface area contributed by atoms with Gasteiger partial charge < -0.3 is 9.64 Å². The maximum Gasteiger partial charge on any atom is 0.241 e. The summed E-state index contributed by atoms with van der Waals surface area (Å²) in [6.45, 7) is 8.29. The van der Waals surface area contributed by atoms with E-state index in [1.807, 2.05) is 18.7 Å². The molecule has 1 aromatic carbocycles. The Morgan fingerprint density at radius 3 is 2.81 bits per heavy atom. The van der Waals surface area contributed by atoms with Crippen molar-refractivity contribution in [2.75, 3.05) is 19.8 Å². The number of rotatable bonds is 7. The first-order valence-electron chi connectivity index (χ1n) is 7.88. The number of aryl methyl sites for hydroxylation is 1. The first-order chi connectivity index (χ1) is 10.2. The van der Waals surface area contributed by atoms with E-state index in [9.17, 15) is 4.79 Å². The minimum absolute atomic E-state index is 0.0102. The minimum Gasteiger partial charge on any atom is -0.382 e. The molecule has 0 aliphatic carbocycles. The number of hydrogen-bond donors (Lipinski definition) is 1. The summed E-state index contributed by atoms with van der Waals surface area (Å²) < 4.78 is 5.38. The third-order valence-corrected chi connectivity index (χ3v) is 3.91. The van der Waals surface area contributed by atoms with Crippen molar-refractivity contribution < 1.29 is 9.53 Å². The molecule has 1 aromatic rings. The maximum absolute atomic E-state index is 12.5. The van der Waals surface area contributed by atoms with Crippen LogP contribution in [0.2, 0.25) is 0 Å². The molecule has 1 aliphatic heterocycles. The molecule has 0 bridgehead atoms. The van der Waals surface area contributed by atoms with Gasteiger partial charge >= 0.3 is 0 Å². The summed E-state index contributed by atoms with van der Waals surface area (Å²) >= 11 is 0. The first-order valence-corrected chi connectivity index (χ1v) is 7.88. The van der Waals surface area contributed by atoms with Gasteiger partial charge in [-0.2, -0.15) is 0 Å². The number of nitrogens with zero attached hydrogens (tertiary/aromatic N) is 1. The summed E-state index contributed by atoms with van der Waals surface area (Å²) in [7, 11) is 0. The quantitative estimate of drug-likeness (QED) is 0.785. The molecule has 1 N–H and O–H groups in total. The Labute approximate surface area is 127 Å². The van der Waals surface area contributed by atoms with E-state index in [1.54, 1.807) is 0 Å². The highest BCUT2D eigenvalue weighted by Gasteiger charge is 2.38. The van der Waals surface area contributed by atoms with Crippen LogP contribution in [0.25, 0.3) is 0 Å². The second kappa shape index (κ2) is 7.57. The molecule has 1 fully saturated rings. The summed E-state index contributed by atoms with van der Waals surface area (Å²) in [6, 6.07) is 8.30. The van der Waals surface area contributed by atoms with Crippen LogP contribution in [0, 0.1) is 6.92 Å². The molecule has 2 atom stereocenters. The molecular weight excluding hydrogens is 264 g/mol. The Balaban J connectivity index is 2.10. The highest BCUT2D eigenvalue weighted by molar-refractivity contribution is 5.84. The lowest BCUT2D eigenvalue weighted by molar-refractivity contribution is -0.130. The van der Waals surface area contributed by atoms with Gasteiger partial charge in [0.25, 0.3) is 0 Å². The molecule has 116 valence electrons. The van der Waals surface area contributed by atoms with Crippen molar-refractivity contribution in [3.05, 3.63) is 35.4 Å². The van der Waals surface area contributed by atoms with Crippen molar-refractivity contribution in [1.82, 2.24) is 10.2 Å². The predicted molar refractivity (Wildman–Crippen MR) is 84.0 cm³/mol. The maximum atomic E-state index is 12.5. The van der Waals surface area contributed by atoms with Crippen molar-refractivity contribution in [2.45, 2.75) is 45.8 Å². The lowest BCUT2D eigenvalue weighted by Gasteiger charge is -2.24. The fourth-order valence-electron chi connectivity index (χ4n) is 2.81. The van der Waals surface area contributed by atoms with Crippen LogP contribution >= 0.6 is 0 Å². The van der Waals surface area contributed by atoms with Crippen molar-refractivity contribution in [3.63, 3.8) is 0 Å².